The average Bonchev–Trinajstić information content (AvgIpc) is 2.64. The highest BCUT2D eigenvalue weighted by Crippen LogP contribution is 2.19. The first kappa shape index (κ1) is 12.9. The second-order valence-electron chi connectivity index (χ2n) is 4.17. The van der Waals surface area contributed by atoms with Gasteiger partial charge in [0, 0.05) is 23.5 Å². The largest absolute Gasteiger partial charge is 0.481 e. The lowest BCUT2D eigenvalue weighted by Gasteiger charge is -2.16. The number of aliphatic carboxylic acids is 1. The molecule has 0 bridgehead atoms. The standard InChI is InChI=1S/C10H17N3O2S/c1-5(2)8-12-10(16-13-8)11-7(4)6(3)9(14)15/h5-7H,1-4H3,(H,14,15)(H,11,12,13). The monoisotopic (exact) mass is 243 g/mol. The van der Waals surface area contributed by atoms with Crippen LogP contribution < -0.4 is 5.32 Å². The Labute approximate surface area is 99.1 Å². The summed E-state index contributed by atoms with van der Waals surface area (Å²) in [6, 6.07) is -0.162. The molecule has 0 radical (unpaired) electrons. The van der Waals surface area contributed by atoms with Crippen molar-refractivity contribution >= 4 is 22.6 Å². The molecule has 2 N–H and O–H groups in total. The predicted molar refractivity (Wildman–Crippen MR) is 63.9 cm³/mol. The molecule has 0 saturated carbocycles. The van der Waals surface area contributed by atoms with Gasteiger partial charge in [0.1, 0.15) is 5.82 Å². The highest BCUT2D eigenvalue weighted by atomic mass is 32.1. The topological polar surface area (TPSA) is 75.1 Å². The van der Waals surface area contributed by atoms with Gasteiger partial charge in [-0.2, -0.15) is 4.37 Å². The Morgan fingerprint density at radius 2 is 2.00 bits per heavy atom. The van der Waals surface area contributed by atoms with Crippen molar-refractivity contribution in [3.8, 4) is 0 Å². The van der Waals surface area contributed by atoms with Crippen molar-refractivity contribution in [2.24, 2.45) is 5.92 Å². The van der Waals surface area contributed by atoms with Crippen molar-refractivity contribution in [1.29, 1.82) is 0 Å². The Morgan fingerprint density at radius 1 is 1.38 bits per heavy atom. The average molecular weight is 243 g/mol. The molecule has 5 nitrogen and oxygen atoms in total. The van der Waals surface area contributed by atoms with Crippen LogP contribution in [0.1, 0.15) is 39.4 Å². The Morgan fingerprint density at radius 3 is 2.44 bits per heavy atom. The molecule has 0 aromatic carbocycles. The van der Waals surface area contributed by atoms with E-state index in [0.29, 0.717) is 11.0 Å². The van der Waals surface area contributed by atoms with Crippen LogP contribution >= 0.6 is 11.5 Å². The number of hydrogen-bond acceptors (Lipinski definition) is 5. The highest BCUT2D eigenvalue weighted by molar-refractivity contribution is 7.09. The number of nitrogens with zero attached hydrogens (tertiary/aromatic N) is 2. The van der Waals surface area contributed by atoms with Gasteiger partial charge in [-0.05, 0) is 13.8 Å². The molecule has 0 aliphatic rings. The summed E-state index contributed by atoms with van der Waals surface area (Å²) in [5.74, 6) is -0.179. The molecule has 90 valence electrons. The van der Waals surface area contributed by atoms with Crippen molar-refractivity contribution < 1.29 is 9.90 Å². The molecule has 0 amide bonds. The van der Waals surface area contributed by atoms with E-state index in [1.165, 1.54) is 11.5 Å². The normalized spacial score (nSPS) is 14.8. The van der Waals surface area contributed by atoms with Crippen molar-refractivity contribution in [1.82, 2.24) is 9.36 Å². The second-order valence-corrected chi connectivity index (χ2v) is 4.92. The fourth-order valence-corrected chi connectivity index (χ4v) is 1.87. The van der Waals surface area contributed by atoms with Crippen LogP contribution in [-0.2, 0) is 4.79 Å². The molecule has 0 saturated heterocycles. The summed E-state index contributed by atoms with van der Waals surface area (Å²) in [7, 11) is 0. The van der Waals surface area contributed by atoms with Crippen molar-refractivity contribution in [3.63, 3.8) is 0 Å². The van der Waals surface area contributed by atoms with Crippen LogP contribution in [0.5, 0.6) is 0 Å². The highest BCUT2D eigenvalue weighted by Gasteiger charge is 2.20. The first-order chi connectivity index (χ1) is 7.41. The molecule has 2 unspecified atom stereocenters. The van der Waals surface area contributed by atoms with Gasteiger partial charge >= 0.3 is 5.97 Å². The molecule has 0 aliphatic heterocycles. The lowest BCUT2D eigenvalue weighted by atomic mass is 10.1. The van der Waals surface area contributed by atoms with Crippen molar-refractivity contribution in [2.45, 2.75) is 39.7 Å². The van der Waals surface area contributed by atoms with Crippen LogP contribution in [0.25, 0.3) is 0 Å². The Balaban J connectivity index is 2.62. The maximum atomic E-state index is 10.8. The van der Waals surface area contributed by atoms with Gasteiger partial charge in [0.05, 0.1) is 5.92 Å². The Hall–Kier alpha value is -1.17. The van der Waals surface area contributed by atoms with E-state index >= 15 is 0 Å². The fourth-order valence-electron chi connectivity index (χ4n) is 1.06. The molecule has 0 aliphatic carbocycles. The minimum atomic E-state index is -0.811. The summed E-state index contributed by atoms with van der Waals surface area (Å²) in [6.45, 7) is 7.55. The van der Waals surface area contributed by atoms with Gasteiger partial charge in [-0.25, -0.2) is 4.98 Å². The van der Waals surface area contributed by atoms with Crippen LogP contribution in [0, 0.1) is 5.92 Å². The molecular weight excluding hydrogens is 226 g/mol. The lowest BCUT2D eigenvalue weighted by molar-refractivity contribution is -0.141. The van der Waals surface area contributed by atoms with E-state index in [-0.39, 0.29) is 6.04 Å². The lowest BCUT2D eigenvalue weighted by Crippen LogP contribution is -2.29. The van der Waals surface area contributed by atoms with Crippen LogP contribution in [0.4, 0.5) is 5.13 Å². The molecule has 1 heterocycles. The third-order valence-electron chi connectivity index (χ3n) is 2.45. The van der Waals surface area contributed by atoms with E-state index in [1.807, 2.05) is 20.8 Å². The smallest absolute Gasteiger partial charge is 0.308 e. The van der Waals surface area contributed by atoms with Gasteiger partial charge in [-0.3, -0.25) is 4.79 Å². The first-order valence-corrected chi connectivity index (χ1v) is 6.02. The van der Waals surface area contributed by atoms with Crippen LogP contribution in [0.2, 0.25) is 0 Å². The maximum absolute atomic E-state index is 10.8. The van der Waals surface area contributed by atoms with E-state index in [0.717, 1.165) is 5.82 Å². The molecule has 1 rings (SSSR count). The molecule has 16 heavy (non-hydrogen) atoms. The number of carboxylic acid groups (broad SMARTS) is 1. The van der Waals surface area contributed by atoms with E-state index in [4.69, 9.17) is 5.11 Å². The molecule has 2 atom stereocenters. The van der Waals surface area contributed by atoms with Gasteiger partial charge in [0.15, 0.2) is 0 Å². The van der Waals surface area contributed by atoms with Crippen LogP contribution in [0.15, 0.2) is 0 Å². The fraction of sp³-hybridized carbons (Fsp3) is 0.700. The third kappa shape index (κ3) is 3.16. The molecule has 0 spiro atoms. The first-order valence-electron chi connectivity index (χ1n) is 5.24. The van der Waals surface area contributed by atoms with Crippen molar-refractivity contribution in [3.05, 3.63) is 5.82 Å². The van der Waals surface area contributed by atoms with E-state index in [2.05, 4.69) is 14.7 Å². The number of carboxylic acids is 1. The summed E-state index contributed by atoms with van der Waals surface area (Å²) in [5, 5.41) is 12.6. The van der Waals surface area contributed by atoms with E-state index in [9.17, 15) is 4.79 Å². The molecule has 0 fully saturated rings. The minimum absolute atomic E-state index is 0.162. The molecule has 1 aromatic heterocycles. The number of hydrogen-bond donors (Lipinski definition) is 2. The number of nitrogens with one attached hydrogen (secondary N) is 1. The van der Waals surface area contributed by atoms with Gasteiger partial charge in [0.2, 0.25) is 5.13 Å². The van der Waals surface area contributed by atoms with Crippen molar-refractivity contribution in [2.75, 3.05) is 5.32 Å². The molecular formula is C10H17N3O2S. The zero-order valence-corrected chi connectivity index (χ0v) is 10.7. The Bertz CT molecular complexity index is 365. The molecule has 6 heteroatoms. The van der Waals surface area contributed by atoms with Crippen LogP contribution in [-0.4, -0.2) is 26.5 Å². The second kappa shape index (κ2) is 5.25. The number of rotatable bonds is 5. The van der Waals surface area contributed by atoms with Crippen LogP contribution in [0.3, 0.4) is 0 Å². The quantitative estimate of drug-likeness (QED) is 0.829. The van der Waals surface area contributed by atoms with Gasteiger partial charge < -0.3 is 10.4 Å². The number of aromatic nitrogens is 2. The molecule has 1 aromatic rings. The van der Waals surface area contributed by atoms with Gasteiger partial charge in [-0.15, -0.1) is 0 Å². The number of anilines is 1. The zero-order valence-electron chi connectivity index (χ0n) is 9.89. The zero-order chi connectivity index (χ0) is 12.3. The number of carbonyl (C=O) groups is 1. The van der Waals surface area contributed by atoms with E-state index in [1.54, 1.807) is 6.92 Å². The summed E-state index contributed by atoms with van der Waals surface area (Å²) < 4.78 is 4.19. The minimum Gasteiger partial charge on any atom is -0.481 e. The summed E-state index contributed by atoms with van der Waals surface area (Å²) in [5.41, 5.74) is 0. The van der Waals surface area contributed by atoms with E-state index < -0.39 is 11.9 Å². The van der Waals surface area contributed by atoms with Gasteiger partial charge in [0.25, 0.3) is 0 Å². The Kier molecular flexibility index (Phi) is 4.23. The summed E-state index contributed by atoms with van der Waals surface area (Å²) in [4.78, 5) is 15.1. The van der Waals surface area contributed by atoms with Gasteiger partial charge in [-0.1, -0.05) is 13.8 Å². The maximum Gasteiger partial charge on any atom is 0.308 e. The summed E-state index contributed by atoms with van der Waals surface area (Å²) in [6.07, 6.45) is 0. The predicted octanol–water partition coefficient (Wildman–Crippen LogP) is 2.18. The summed E-state index contributed by atoms with van der Waals surface area (Å²) >= 11 is 1.27. The SMILES string of the molecule is CC(C)c1nsc(NC(C)C(C)C(=O)O)n1. The third-order valence-corrected chi connectivity index (χ3v) is 3.11.